The Morgan fingerprint density at radius 3 is 1.87 bits per heavy atom. The number of methoxy groups -OCH3 is 3. The highest BCUT2D eigenvalue weighted by atomic mass is 16.5. The zero-order valence-electron chi connectivity index (χ0n) is 17.6. The molecular weight excluding hydrogens is 396 g/mol. The van der Waals surface area contributed by atoms with Crippen molar-refractivity contribution in [1.82, 2.24) is 10.9 Å². The number of nitrogens with one attached hydrogen (secondary N) is 2. The van der Waals surface area contributed by atoms with Crippen molar-refractivity contribution in [3.8, 4) is 28.4 Å². The van der Waals surface area contributed by atoms with Gasteiger partial charge in [-0.2, -0.15) is 0 Å². The summed E-state index contributed by atoms with van der Waals surface area (Å²) in [6, 6.07) is 20.7. The Kier molecular flexibility index (Phi) is 7.11. The van der Waals surface area contributed by atoms with Gasteiger partial charge in [0.15, 0.2) is 11.5 Å². The van der Waals surface area contributed by atoms with Crippen molar-refractivity contribution in [3.05, 3.63) is 77.9 Å². The van der Waals surface area contributed by atoms with E-state index in [-0.39, 0.29) is 17.9 Å². The van der Waals surface area contributed by atoms with E-state index in [1.807, 2.05) is 54.6 Å². The van der Waals surface area contributed by atoms with Crippen LogP contribution in [0.15, 0.2) is 66.7 Å². The third-order valence-corrected chi connectivity index (χ3v) is 4.67. The average molecular weight is 420 g/mol. The molecule has 0 spiro atoms. The zero-order valence-corrected chi connectivity index (χ0v) is 17.6. The predicted molar refractivity (Wildman–Crippen MR) is 117 cm³/mol. The van der Waals surface area contributed by atoms with Crippen LogP contribution in [0.25, 0.3) is 11.1 Å². The highest BCUT2D eigenvalue weighted by Crippen LogP contribution is 2.38. The fourth-order valence-electron chi connectivity index (χ4n) is 3.09. The first kappa shape index (κ1) is 21.7. The number of benzene rings is 3. The molecule has 7 nitrogen and oxygen atoms in total. The summed E-state index contributed by atoms with van der Waals surface area (Å²) in [6.45, 7) is 0. The van der Waals surface area contributed by atoms with Crippen molar-refractivity contribution in [2.45, 2.75) is 6.42 Å². The number of rotatable bonds is 7. The molecule has 0 aliphatic rings. The Hall–Kier alpha value is -4.00. The molecule has 0 saturated carbocycles. The van der Waals surface area contributed by atoms with Gasteiger partial charge in [0.2, 0.25) is 11.7 Å². The maximum Gasteiger partial charge on any atom is 0.269 e. The normalized spacial score (nSPS) is 10.2. The molecule has 0 bridgehead atoms. The molecule has 0 fully saturated rings. The number of carbonyl (C=O) groups excluding carboxylic acids is 2. The van der Waals surface area contributed by atoms with Crippen LogP contribution in [0.4, 0.5) is 0 Å². The lowest BCUT2D eigenvalue weighted by atomic mass is 10.0. The first-order chi connectivity index (χ1) is 15.0. The fraction of sp³-hybridized carbons (Fsp3) is 0.167. The van der Waals surface area contributed by atoms with Crippen LogP contribution in [0.5, 0.6) is 17.2 Å². The van der Waals surface area contributed by atoms with Gasteiger partial charge in [-0.1, -0.05) is 54.6 Å². The third kappa shape index (κ3) is 5.33. The SMILES string of the molecule is COc1cc(C(=O)NNC(=O)Cc2ccc(-c3ccccc3)cc2)cc(OC)c1OC. The minimum absolute atomic E-state index is 0.130. The molecule has 3 rings (SSSR count). The quantitative estimate of drug-likeness (QED) is 0.573. The second-order valence-electron chi connectivity index (χ2n) is 6.66. The molecule has 2 amide bonds. The second kappa shape index (κ2) is 10.2. The summed E-state index contributed by atoms with van der Waals surface area (Å²) in [7, 11) is 4.40. The van der Waals surface area contributed by atoms with E-state index in [1.54, 1.807) is 0 Å². The third-order valence-electron chi connectivity index (χ3n) is 4.67. The lowest BCUT2D eigenvalue weighted by Gasteiger charge is -2.14. The summed E-state index contributed by atoms with van der Waals surface area (Å²) in [6.07, 6.45) is 0.130. The molecule has 31 heavy (non-hydrogen) atoms. The first-order valence-electron chi connectivity index (χ1n) is 9.59. The highest BCUT2D eigenvalue weighted by molar-refractivity contribution is 5.96. The maximum absolute atomic E-state index is 12.5. The molecule has 3 aromatic carbocycles. The van der Waals surface area contributed by atoms with Crippen molar-refractivity contribution in [2.24, 2.45) is 0 Å². The number of carbonyl (C=O) groups is 2. The van der Waals surface area contributed by atoms with E-state index in [1.165, 1.54) is 33.5 Å². The lowest BCUT2D eigenvalue weighted by molar-refractivity contribution is -0.121. The Balaban J connectivity index is 1.60. The van der Waals surface area contributed by atoms with Crippen LogP contribution in [0.2, 0.25) is 0 Å². The summed E-state index contributed by atoms with van der Waals surface area (Å²) in [5, 5.41) is 0. The molecule has 0 radical (unpaired) electrons. The van der Waals surface area contributed by atoms with Crippen molar-refractivity contribution < 1.29 is 23.8 Å². The van der Waals surface area contributed by atoms with Crippen molar-refractivity contribution >= 4 is 11.8 Å². The fourth-order valence-corrected chi connectivity index (χ4v) is 3.09. The summed E-state index contributed by atoms with van der Waals surface area (Å²) >= 11 is 0. The number of ether oxygens (including phenoxy) is 3. The maximum atomic E-state index is 12.5. The van der Waals surface area contributed by atoms with E-state index in [0.29, 0.717) is 17.2 Å². The summed E-state index contributed by atoms with van der Waals surface area (Å²) in [5.41, 5.74) is 8.10. The van der Waals surface area contributed by atoms with Crippen molar-refractivity contribution in [1.29, 1.82) is 0 Å². The molecule has 0 aliphatic heterocycles. The van der Waals surface area contributed by atoms with Gasteiger partial charge in [-0.25, -0.2) is 0 Å². The molecule has 7 heteroatoms. The monoisotopic (exact) mass is 420 g/mol. The van der Waals surface area contributed by atoms with Gasteiger partial charge in [0, 0.05) is 5.56 Å². The number of hydrazine groups is 1. The minimum Gasteiger partial charge on any atom is -0.493 e. The van der Waals surface area contributed by atoms with Gasteiger partial charge < -0.3 is 14.2 Å². The van der Waals surface area contributed by atoms with Crippen LogP contribution in [-0.2, 0) is 11.2 Å². The van der Waals surface area contributed by atoms with Gasteiger partial charge in [0.25, 0.3) is 5.91 Å². The molecule has 0 aromatic heterocycles. The van der Waals surface area contributed by atoms with E-state index < -0.39 is 5.91 Å². The topological polar surface area (TPSA) is 85.9 Å². The Morgan fingerprint density at radius 2 is 1.32 bits per heavy atom. The molecule has 0 heterocycles. The minimum atomic E-state index is -0.507. The van der Waals surface area contributed by atoms with Gasteiger partial charge >= 0.3 is 0 Å². The Bertz CT molecular complexity index is 1020. The first-order valence-corrected chi connectivity index (χ1v) is 9.59. The Morgan fingerprint density at radius 1 is 0.742 bits per heavy atom. The van der Waals surface area contributed by atoms with Gasteiger partial charge in [-0.3, -0.25) is 20.4 Å². The summed E-state index contributed by atoms with van der Waals surface area (Å²) < 4.78 is 15.7. The van der Waals surface area contributed by atoms with E-state index in [0.717, 1.165) is 16.7 Å². The highest BCUT2D eigenvalue weighted by Gasteiger charge is 2.17. The average Bonchev–Trinajstić information content (AvgIpc) is 2.82. The second-order valence-corrected chi connectivity index (χ2v) is 6.66. The van der Waals surface area contributed by atoms with E-state index in [9.17, 15) is 9.59 Å². The molecule has 2 N–H and O–H groups in total. The van der Waals surface area contributed by atoms with Crippen molar-refractivity contribution in [2.75, 3.05) is 21.3 Å². The molecular formula is C24H24N2O5. The van der Waals surface area contributed by atoms with Crippen LogP contribution >= 0.6 is 0 Å². The van der Waals surface area contributed by atoms with Crippen molar-refractivity contribution in [3.63, 3.8) is 0 Å². The van der Waals surface area contributed by atoms with Crippen LogP contribution in [0, 0.1) is 0 Å². The standard InChI is InChI=1S/C24H24N2O5/c1-29-20-14-19(15-21(30-2)23(20)31-3)24(28)26-25-22(27)13-16-9-11-18(12-10-16)17-7-5-4-6-8-17/h4-12,14-15H,13H2,1-3H3,(H,25,27)(H,26,28). The predicted octanol–water partition coefficient (Wildman–Crippen LogP) is 3.38. The number of amides is 2. The Labute approximate surface area is 180 Å². The van der Waals surface area contributed by atoms with E-state index >= 15 is 0 Å². The summed E-state index contributed by atoms with van der Waals surface area (Å²) in [4.78, 5) is 24.7. The zero-order chi connectivity index (χ0) is 22.2. The number of hydrogen-bond donors (Lipinski definition) is 2. The molecule has 0 saturated heterocycles. The molecule has 0 atom stereocenters. The van der Waals surface area contributed by atoms with E-state index in [2.05, 4.69) is 10.9 Å². The van der Waals surface area contributed by atoms with E-state index in [4.69, 9.17) is 14.2 Å². The van der Waals surface area contributed by atoms with Gasteiger partial charge in [-0.15, -0.1) is 0 Å². The van der Waals surface area contributed by atoms with Crippen LogP contribution in [-0.4, -0.2) is 33.1 Å². The van der Waals surface area contributed by atoms with Crippen LogP contribution in [0.1, 0.15) is 15.9 Å². The largest absolute Gasteiger partial charge is 0.493 e. The van der Waals surface area contributed by atoms with Crippen LogP contribution in [0.3, 0.4) is 0 Å². The number of hydrogen-bond acceptors (Lipinski definition) is 5. The van der Waals surface area contributed by atoms with Gasteiger partial charge in [0.05, 0.1) is 27.8 Å². The molecule has 3 aromatic rings. The molecule has 0 aliphatic carbocycles. The molecule has 160 valence electrons. The van der Waals surface area contributed by atoms with Gasteiger partial charge in [-0.05, 0) is 28.8 Å². The summed E-state index contributed by atoms with van der Waals surface area (Å²) in [5.74, 6) is 0.221. The molecule has 0 unspecified atom stereocenters. The lowest BCUT2D eigenvalue weighted by Crippen LogP contribution is -2.42. The smallest absolute Gasteiger partial charge is 0.269 e. The van der Waals surface area contributed by atoms with Crippen LogP contribution < -0.4 is 25.1 Å². The van der Waals surface area contributed by atoms with Gasteiger partial charge in [0.1, 0.15) is 0 Å².